The molecule has 0 atom stereocenters. The molecular formula is C17H36N2O. The van der Waals surface area contributed by atoms with Crippen LogP contribution in [-0.2, 0) is 0 Å². The first-order valence-corrected chi connectivity index (χ1v) is 8.73. The maximum atomic E-state index is 7.57. The van der Waals surface area contributed by atoms with Gasteiger partial charge in [0.1, 0.15) is 0 Å². The zero-order valence-corrected chi connectivity index (χ0v) is 13.8. The van der Waals surface area contributed by atoms with Crippen molar-refractivity contribution in [2.75, 3.05) is 19.7 Å². The fraction of sp³-hybridized carbons (Fsp3) is 0.941. The monoisotopic (exact) mass is 284 g/mol. The maximum absolute atomic E-state index is 7.57. The number of hydrogen-bond acceptors (Lipinski definition) is 3. The minimum absolute atomic E-state index is 0.250. The Morgan fingerprint density at radius 2 is 1.40 bits per heavy atom. The van der Waals surface area contributed by atoms with E-state index in [1.807, 2.05) is 0 Å². The highest BCUT2D eigenvalue weighted by atomic mass is 16.2. The first kappa shape index (κ1) is 19.4. The molecule has 1 heterocycles. The third kappa shape index (κ3) is 13.9. The van der Waals surface area contributed by atoms with Crippen LogP contribution in [0.1, 0.15) is 84.5 Å². The van der Waals surface area contributed by atoms with Crippen LogP contribution in [-0.4, -0.2) is 30.6 Å². The van der Waals surface area contributed by atoms with Gasteiger partial charge >= 0.3 is 0 Å². The number of unbranched alkanes of at least 4 members (excludes halogenated alkanes) is 9. The Bertz CT molecular complexity index is 217. The second-order valence-corrected chi connectivity index (χ2v) is 5.50. The van der Waals surface area contributed by atoms with Gasteiger partial charge in [-0.25, -0.2) is 0 Å². The number of aliphatic hydroxyl groups excluding tert-OH is 1. The lowest BCUT2D eigenvalue weighted by molar-refractivity contribution is 0.318. The lowest BCUT2D eigenvalue weighted by atomic mass is 10.1. The van der Waals surface area contributed by atoms with Gasteiger partial charge in [-0.2, -0.15) is 0 Å². The van der Waals surface area contributed by atoms with Crippen LogP contribution in [0.25, 0.3) is 0 Å². The number of nitrogens with one attached hydrogen (secondary N) is 1. The molecule has 0 bridgehead atoms. The second kappa shape index (κ2) is 16.5. The largest absolute Gasteiger partial charge is 0.397 e. The first-order chi connectivity index (χ1) is 9.85. The van der Waals surface area contributed by atoms with Crippen molar-refractivity contribution >= 4 is 5.84 Å². The molecule has 0 saturated carbocycles. The zero-order valence-electron chi connectivity index (χ0n) is 13.8. The van der Waals surface area contributed by atoms with Gasteiger partial charge < -0.3 is 10.4 Å². The molecule has 0 aliphatic carbocycles. The van der Waals surface area contributed by atoms with Crippen molar-refractivity contribution in [3.05, 3.63) is 0 Å². The second-order valence-electron chi connectivity index (χ2n) is 5.50. The highest BCUT2D eigenvalue weighted by molar-refractivity contribution is 5.83. The van der Waals surface area contributed by atoms with Crippen LogP contribution in [0, 0.1) is 0 Å². The predicted molar refractivity (Wildman–Crippen MR) is 89.5 cm³/mol. The number of aliphatic imine (C=N–C) groups is 1. The zero-order chi connectivity index (χ0) is 14.9. The summed E-state index contributed by atoms with van der Waals surface area (Å²) in [4.78, 5) is 4.42. The Morgan fingerprint density at radius 3 is 1.85 bits per heavy atom. The molecule has 3 heteroatoms. The van der Waals surface area contributed by atoms with E-state index in [1.54, 1.807) is 6.92 Å². The third-order valence-corrected chi connectivity index (χ3v) is 3.51. The van der Waals surface area contributed by atoms with Crippen molar-refractivity contribution in [3.8, 4) is 0 Å². The molecule has 2 N–H and O–H groups in total. The Labute approximate surface area is 126 Å². The molecule has 0 unspecified atom stereocenters. The van der Waals surface area contributed by atoms with Crippen molar-refractivity contribution in [1.82, 2.24) is 5.32 Å². The lowest BCUT2D eigenvalue weighted by Crippen LogP contribution is -2.17. The molecule has 0 saturated heterocycles. The van der Waals surface area contributed by atoms with E-state index in [4.69, 9.17) is 5.11 Å². The topological polar surface area (TPSA) is 44.6 Å². The molecule has 0 aromatic rings. The summed E-state index contributed by atoms with van der Waals surface area (Å²) in [5, 5.41) is 10.9. The third-order valence-electron chi connectivity index (χ3n) is 3.51. The van der Waals surface area contributed by atoms with Crippen molar-refractivity contribution < 1.29 is 5.11 Å². The van der Waals surface area contributed by atoms with Gasteiger partial charge in [-0.1, -0.05) is 64.7 Å². The molecule has 1 rings (SSSR count). The quantitative estimate of drug-likeness (QED) is 0.556. The van der Waals surface area contributed by atoms with Gasteiger partial charge in [0.05, 0.1) is 12.4 Å². The van der Waals surface area contributed by atoms with Crippen molar-refractivity contribution in [2.24, 2.45) is 4.99 Å². The molecule has 0 radical (unpaired) electrons. The standard InChI is InChI=1S/C15H30N2.C2H6O/c1-2-3-4-5-6-7-8-9-10-11-12-15-16-13-14-17-15;1-2-3/h2-14H2,1H3,(H,16,17);3H,2H2,1H3. The number of rotatable bonds is 11. The van der Waals surface area contributed by atoms with Crippen molar-refractivity contribution in [2.45, 2.75) is 84.5 Å². The Hall–Kier alpha value is -0.570. The van der Waals surface area contributed by atoms with Crippen LogP contribution in [0.4, 0.5) is 0 Å². The minimum Gasteiger partial charge on any atom is -0.397 e. The molecule has 0 aromatic carbocycles. The van der Waals surface area contributed by atoms with Gasteiger partial charge in [0.15, 0.2) is 0 Å². The smallest absolute Gasteiger partial charge is 0.0964 e. The van der Waals surface area contributed by atoms with E-state index in [0.717, 1.165) is 13.1 Å². The highest BCUT2D eigenvalue weighted by Gasteiger charge is 2.03. The molecule has 120 valence electrons. The normalized spacial score (nSPS) is 13.4. The summed E-state index contributed by atoms with van der Waals surface area (Å²) >= 11 is 0. The Kier molecular flexibility index (Phi) is 16.0. The minimum atomic E-state index is 0.250. The lowest BCUT2D eigenvalue weighted by Gasteiger charge is -2.03. The van der Waals surface area contributed by atoms with E-state index in [1.165, 1.54) is 76.5 Å². The van der Waals surface area contributed by atoms with E-state index in [2.05, 4.69) is 17.2 Å². The van der Waals surface area contributed by atoms with Gasteiger partial charge in [-0.15, -0.1) is 0 Å². The van der Waals surface area contributed by atoms with Gasteiger partial charge in [0.2, 0.25) is 0 Å². The van der Waals surface area contributed by atoms with Crippen molar-refractivity contribution in [3.63, 3.8) is 0 Å². The predicted octanol–water partition coefficient (Wildman–Crippen LogP) is 4.30. The molecule has 0 fully saturated rings. The molecule has 0 aromatic heterocycles. The summed E-state index contributed by atoms with van der Waals surface area (Å²) in [6.45, 7) is 6.27. The van der Waals surface area contributed by atoms with Gasteiger partial charge in [-0.3, -0.25) is 4.99 Å². The average Bonchev–Trinajstić information content (AvgIpc) is 2.95. The number of amidine groups is 1. The van der Waals surface area contributed by atoms with E-state index in [9.17, 15) is 0 Å². The van der Waals surface area contributed by atoms with Gasteiger partial charge in [0.25, 0.3) is 0 Å². The molecule has 0 amide bonds. The van der Waals surface area contributed by atoms with E-state index in [0.29, 0.717) is 0 Å². The fourth-order valence-electron chi connectivity index (χ4n) is 2.39. The van der Waals surface area contributed by atoms with Crippen LogP contribution in [0.5, 0.6) is 0 Å². The SMILES string of the molecule is CCCCCCCCCCCCC1=NCCN1.CCO. The maximum Gasteiger partial charge on any atom is 0.0964 e. The summed E-state index contributed by atoms with van der Waals surface area (Å²) < 4.78 is 0. The number of hydrogen-bond donors (Lipinski definition) is 2. The van der Waals surface area contributed by atoms with Crippen LogP contribution < -0.4 is 5.32 Å². The highest BCUT2D eigenvalue weighted by Crippen LogP contribution is 2.11. The first-order valence-electron chi connectivity index (χ1n) is 8.73. The van der Waals surface area contributed by atoms with Crippen LogP contribution >= 0.6 is 0 Å². The summed E-state index contributed by atoms with van der Waals surface area (Å²) in [5.41, 5.74) is 0. The molecule has 1 aliphatic heterocycles. The van der Waals surface area contributed by atoms with Crippen LogP contribution in [0.2, 0.25) is 0 Å². The Balaban J connectivity index is 0.00000110. The van der Waals surface area contributed by atoms with Gasteiger partial charge in [-0.05, 0) is 13.3 Å². The van der Waals surface area contributed by atoms with E-state index >= 15 is 0 Å². The number of nitrogens with zero attached hydrogens (tertiary/aromatic N) is 1. The van der Waals surface area contributed by atoms with Crippen LogP contribution in [0.15, 0.2) is 4.99 Å². The van der Waals surface area contributed by atoms with Crippen LogP contribution in [0.3, 0.4) is 0 Å². The molecule has 3 nitrogen and oxygen atoms in total. The van der Waals surface area contributed by atoms with Gasteiger partial charge in [0, 0.05) is 19.6 Å². The molecule has 1 aliphatic rings. The summed E-state index contributed by atoms with van der Waals surface area (Å²) in [7, 11) is 0. The molecular weight excluding hydrogens is 248 g/mol. The number of aliphatic hydroxyl groups is 1. The summed E-state index contributed by atoms with van der Waals surface area (Å²) in [5.74, 6) is 1.25. The summed E-state index contributed by atoms with van der Waals surface area (Å²) in [6, 6.07) is 0. The average molecular weight is 284 g/mol. The fourth-order valence-corrected chi connectivity index (χ4v) is 2.39. The molecule has 20 heavy (non-hydrogen) atoms. The molecule has 0 spiro atoms. The van der Waals surface area contributed by atoms with E-state index < -0.39 is 0 Å². The van der Waals surface area contributed by atoms with Crippen molar-refractivity contribution in [1.29, 1.82) is 0 Å². The van der Waals surface area contributed by atoms with E-state index in [-0.39, 0.29) is 6.61 Å². The summed E-state index contributed by atoms with van der Waals surface area (Å²) in [6.07, 6.45) is 15.3. The Morgan fingerprint density at radius 1 is 0.900 bits per heavy atom.